The quantitative estimate of drug-likeness (QED) is 0.654. The lowest BCUT2D eigenvalue weighted by atomic mass is 10.3. The Labute approximate surface area is 71.1 Å². The summed E-state index contributed by atoms with van der Waals surface area (Å²) in [6.07, 6.45) is 5.46. The summed E-state index contributed by atoms with van der Waals surface area (Å²) in [5, 5.41) is 3.45. The second kappa shape index (κ2) is 3.85. The molecule has 2 atom stereocenters. The Morgan fingerprint density at radius 3 is 2.82 bits per heavy atom. The van der Waals surface area contributed by atoms with Crippen molar-refractivity contribution in [3.63, 3.8) is 0 Å². The fourth-order valence-electron chi connectivity index (χ4n) is 1.49. The Kier molecular flexibility index (Phi) is 3.05. The maximum atomic E-state index is 10.5. The van der Waals surface area contributed by atoms with Crippen molar-refractivity contribution in [1.82, 2.24) is 5.32 Å². The summed E-state index contributed by atoms with van der Waals surface area (Å²) in [5.74, 6) is 0. The minimum absolute atomic E-state index is 0.324. The number of hydrogen-bond acceptors (Lipinski definition) is 2. The van der Waals surface area contributed by atoms with E-state index in [1.807, 2.05) is 11.8 Å². The third-order valence-corrected chi connectivity index (χ3v) is 3.16. The minimum atomic E-state index is -0.392. The molecule has 0 aromatic heterocycles. The molecule has 0 spiro atoms. The Morgan fingerprint density at radius 1 is 1.64 bits per heavy atom. The van der Waals surface area contributed by atoms with E-state index in [0.717, 1.165) is 12.8 Å². The highest BCUT2D eigenvalue weighted by Crippen LogP contribution is 2.27. The molecule has 0 radical (unpaired) electrons. The molecule has 1 aliphatic rings. The number of carbonyl (C=O) groups is 1. The second-order valence-electron chi connectivity index (χ2n) is 2.88. The molecule has 64 valence electrons. The number of primary amides is 1. The number of amides is 2. The van der Waals surface area contributed by atoms with Gasteiger partial charge in [0.25, 0.3) is 0 Å². The van der Waals surface area contributed by atoms with E-state index in [-0.39, 0.29) is 0 Å². The fourth-order valence-corrected chi connectivity index (χ4v) is 2.28. The molecule has 1 aliphatic carbocycles. The zero-order valence-corrected chi connectivity index (χ0v) is 7.49. The largest absolute Gasteiger partial charge is 0.352 e. The van der Waals surface area contributed by atoms with Crippen LogP contribution in [0.25, 0.3) is 0 Å². The van der Waals surface area contributed by atoms with E-state index in [9.17, 15) is 4.79 Å². The van der Waals surface area contributed by atoms with Crippen LogP contribution in [0.2, 0.25) is 0 Å². The molecule has 2 amide bonds. The first kappa shape index (κ1) is 8.71. The molecule has 1 rings (SSSR count). The maximum Gasteiger partial charge on any atom is 0.312 e. The van der Waals surface area contributed by atoms with Gasteiger partial charge < -0.3 is 11.1 Å². The van der Waals surface area contributed by atoms with Gasteiger partial charge in [0, 0.05) is 11.3 Å². The van der Waals surface area contributed by atoms with E-state index >= 15 is 0 Å². The number of thioether (sulfide) groups is 1. The molecule has 0 bridgehead atoms. The lowest BCUT2D eigenvalue weighted by Crippen LogP contribution is -2.37. The van der Waals surface area contributed by atoms with Crippen LogP contribution in [0.15, 0.2) is 0 Å². The second-order valence-corrected chi connectivity index (χ2v) is 4.01. The molecule has 0 aliphatic heterocycles. The van der Waals surface area contributed by atoms with E-state index < -0.39 is 6.03 Å². The van der Waals surface area contributed by atoms with Crippen molar-refractivity contribution < 1.29 is 4.79 Å². The van der Waals surface area contributed by atoms with E-state index in [1.54, 1.807) is 0 Å². The first-order valence-corrected chi connectivity index (χ1v) is 5.10. The van der Waals surface area contributed by atoms with E-state index in [4.69, 9.17) is 5.73 Å². The molecule has 0 saturated heterocycles. The number of nitrogens with one attached hydrogen (secondary N) is 1. The fraction of sp³-hybridized carbons (Fsp3) is 0.857. The van der Waals surface area contributed by atoms with Crippen LogP contribution in [0.4, 0.5) is 4.79 Å². The zero-order valence-electron chi connectivity index (χ0n) is 6.67. The monoisotopic (exact) mass is 174 g/mol. The molecule has 1 saturated carbocycles. The van der Waals surface area contributed by atoms with E-state index in [0.29, 0.717) is 11.3 Å². The first-order valence-electron chi connectivity index (χ1n) is 3.81. The molecule has 2 unspecified atom stereocenters. The van der Waals surface area contributed by atoms with Crippen LogP contribution in [0.5, 0.6) is 0 Å². The maximum absolute atomic E-state index is 10.5. The van der Waals surface area contributed by atoms with E-state index in [1.165, 1.54) is 6.42 Å². The topological polar surface area (TPSA) is 55.1 Å². The first-order chi connectivity index (χ1) is 5.22. The van der Waals surface area contributed by atoms with Crippen LogP contribution in [-0.2, 0) is 0 Å². The Balaban J connectivity index is 2.24. The third kappa shape index (κ3) is 2.61. The minimum Gasteiger partial charge on any atom is -0.352 e. The molecule has 0 aromatic rings. The van der Waals surface area contributed by atoms with Crippen molar-refractivity contribution in [2.24, 2.45) is 5.73 Å². The number of carbonyl (C=O) groups excluding carboxylic acids is 1. The van der Waals surface area contributed by atoms with Crippen LogP contribution < -0.4 is 11.1 Å². The van der Waals surface area contributed by atoms with Crippen molar-refractivity contribution in [3.05, 3.63) is 0 Å². The highest BCUT2D eigenvalue weighted by atomic mass is 32.2. The van der Waals surface area contributed by atoms with Crippen LogP contribution in [-0.4, -0.2) is 23.6 Å². The normalized spacial score (nSPS) is 30.3. The number of urea groups is 1. The number of nitrogens with two attached hydrogens (primary N) is 1. The predicted molar refractivity (Wildman–Crippen MR) is 47.7 cm³/mol. The lowest BCUT2D eigenvalue weighted by molar-refractivity contribution is 0.245. The summed E-state index contributed by atoms with van der Waals surface area (Å²) in [7, 11) is 0. The molecular formula is C7H14N2OS. The summed E-state index contributed by atoms with van der Waals surface area (Å²) in [4.78, 5) is 10.5. The highest BCUT2D eigenvalue weighted by Gasteiger charge is 2.24. The predicted octanol–water partition coefficient (Wildman–Crippen LogP) is 0.939. The van der Waals surface area contributed by atoms with Crippen molar-refractivity contribution in [2.75, 3.05) is 6.26 Å². The summed E-state index contributed by atoms with van der Waals surface area (Å²) < 4.78 is 0. The molecule has 4 heteroatoms. The Bertz CT molecular complexity index is 151. The van der Waals surface area contributed by atoms with Gasteiger partial charge in [-0.25, -0.2) is 4.79 Å². The zero-order chi connectivity index (χ0) is 8.27. The van der Waals surface area contributed by atoms with Gasteiger partial charge in [-0.3, -0.25) is 0 Å². The Morgan fingerprint density at radius 2 is 2.36 bits per heavy atom. The van der Waals surface area contributed by atoms with Gasteiger partial charge in [-0.15, -0.1) is 0 Å². The number of rotatable bonds is 2. The van der Waals surface area contributed by atoms with Crippen LogP contribution >= 0.6 is 11.8 Å². The van der Waals surface area contributed by atoms with Crippen LogP contribution in [0, 0.1) is 0 Å². The molecule has 0 aromatic carbocycles. The molecule has 3 nitrogen and oxygen atoms in total. The SMILES string of the molecule is CSC1CCC(NC(N)=O)C1. The van der Waals surface area contributed by atoms with Crippen LogP contribution in [0.1, 0.15) is 19.3 Å². The van der Waals surface area contributed by atoms with Gasteiger partial charge in [-0.1, -0.05) is 0 Å². The average molecular weight is 174 g/mol. The standard InChI is InChI=1S/C7H14N2OS/c1-11-6-3-2-5(4-6)9-7(8)10/h5-6H,2-4H2,1H3,(H3,8,9,10). The smallest absolute Gasteiger partial charge is 0.312 e. The van der Waals surface area contributed by atoms with Gasteiger partial charge >= 0.3 is 6.03 Å². The van der Waals surface area contributed by atoms with Gasteiger partial charge in [0.2, 0.25) is 0 Å². The molecule has 11 heavy (non-hydrogen) atoms. The van der Waals surface area contributed by atoms with Crippen molar-refractivity contribution in [1.29, 1.82) is 0 Å². The van der Waals surface area contributed by atoms with Crippen molar-refractivity contribution in [2.45, 2.75) is 30.6 Å². The molecule has 3 N–H and O–H groups in total. The summed E-state index contributed by atoms with van der Waals surface area (Å²) in [6.45, 7) is 0. The Hall–Kier alpha value is -0.380. The van der Waals surface area contributed by atoms with Gasteiger partial charge in [-0.05, 0) is 25.5 Å². The molecular weight excluding hydrogens is 160 g/mol. The molecule has 0 heterocycles. The average Bonchev–Trinajstić information content (AvgIpc) is 2.34. The lowest BCUT2D eigenvalue weighted by Gasteiger charge is -2.09. The summed E-state index contributed by atoms with van der Waals surface area (Å²) in [6, 6.07) is -0.0679. The van der Waals surface area contributed by atoms with E-state index in [2.05, 4.69) is 11.6 Å². The van der Waals surface area contributed by atoms with Gasteiger partial charge in [0.1, 0.15) is 0 Å². The third-order valence-electron chi connectivity index (χ3n) is 2.06. The summed E-state index contributed by atoms with van der Waals surface area (Å²) in [5.41, 5.74) is 5.00. The molecule has 1 fully saturated rings. The van der Waals surface area contributed by atoms with Gasteiger partial charge in [0.15, 0.2) is 0 Å². The van der Waals surface area contributed by atoms with Crippen molar-refractivity contribution in [3.8, 4) is 0 Å². The van der Waals surface area contributed by atoms with Gasteiger partial charge in [0.05, 0.1) is 0 Å². The van der Waals surface area contributed by atoms with Crippen molar-refractivity contribution >= 4 is 17.8 Å². The summed E-state index contributed by atoms with van der Waals surface area (Å²) >= 11 is 1.87. The van der Waals surface area contributed by atoms with Gasteiger partial charge in [-0.2, -0.15) is 11.8 Å². The highest BCUT2D eigenvalue weighted by molar-refractivity contribution is 7.99. The number of hydrogen-bond donors (Lipinski definition) is 2. The van der Waals surface area contributed by atoms with Crippen LogP contribution in [0.3, 0.4) is 0 Å².